The molecule has 1 rings (SSSR count). The van der Waals surface area contributed by atoms with Gasteiger partial charge in [0.2, 0.25) is 0 Å². The predicted octanol–water partition coefficient (Wildman–Crippen LogP) is 12.1. The monoisotopic (exact) mass is 500 g/mol. The Bertz CT molecular complexity index is 491. The minimum atomic E-state index is -0.480. The van der Waals surface area contributed by atoms with E-state index in [-0.39, 0.29) is 0 Å². The summed E-state index contributed by atoms with van der Waals surface area (Å²) in [6.45, 7) is 4.65. The molecule has 35 heavy (non-hydrogen) atoms. The molecule has 1 heteroatoms. The van der Waals surface area contributed by atoms with E-state index in [1.165, 1.54) is 134 Å². The Morgan fingerprint density at radius 1 is 0.400 bits per heavy atom. The van der Waals surface area contributed by atoms with Gasteiger partial charge in [-0.25, -0.2) is 0 Å². The van der Waals surface area contributed by atoms with Gasteiger partial charge in [-0.15, -0.1) is 0 Å². The van der Waals surface area contributed by atoms with Crippen LogP contribution in [-0.2, 0) is 6.42 Å². The fourth-order valence-corrected chi connectivity index (χ4v) is 9.14. The third-order valence-corrected chi connectivity index (χ3v) is 11.8. The minimum absolute atomic E-state index is 0.480. The average Bonchev–Trinajstić information content (AvgIpc) is 2.88. The lowest BCUT2D eigenvalue weighted by Gasteiger charge is -2.15. The largest absolute Gasteiger partial charge is 0.0654 e. The zero-order chi connectivity index (χ0) is 25.1. The fraction of sp³-hybridized carbons (Fsp3) is 0.824. The lowest BCUT2D eigenvalue weighted by atomic mass is 10.1. The van der Waals surface area contributed by atoms with Crippen LogP contribution in [0.25, 0.3) is 0 Å². The Hall–Kier alpha value is -0.563. The van der Waals surface area contributed by atoms with Crippen molar-refractivity contribution in [2.45, 2.75) is 180 Å². The number of aryl methyl sites for hydroxylation is 1. The van der Waals surface area contributed by atoms with Crippen molar-refractivity contribution in [2.75, 3.05) is 0 Å². The van der Waals surface area contributed by atoms with Gasteiger partial charge in [-0.1, -0.05) is 197 Å². The molecule has 0 spiro atoms. The summed E-state index contributed by atoms with van der Waals surface area (Å²) in [5.41, 5.74) is 1.52. The molecule has 0 aliphatic rings. The molecule has 204 valence electrons. The van der Waals surface area contributed by atoms with Crippen molar-refractivity contribution in [3.05, 3.63) is 35.9 Å². The summed E-state index contributed by atoms with van der Waals surface area (Å²) in [6, 6.07) is 16.0. The molecule has 0 nitrogen and oxygen atoms in total. The first-order chi connectivity index (χ1) is 17.4. The van der Waals surface area contributed by atoms with E-state index in [2.05, 4.69) is 44.2 Å². The molecule has 0 radical (unpaired) electrons. The molecule has 1 aromatic carbocycles. The van der Waals surface area contributed by atoms with Crippen molar-refractivity contribution in [1.82, 2.24) is 0 Å². The summed E-state index contributed by atoms with van der Waals surface area (Å²) in [4.78, 5) is 0. The first kappa shape index (κ1) is 32.5. The van der Waals surface area contributed by atoms with Crippen LogP contribution in [0.4, 0.5) is 0 Å². The van der Waals surface area contributed by atoms with E-state index in [4.69, 9.17) is 0 Å². The number of hydrogen-bond donors (Lipinski definition) is 0. The highest BCUT2D eigenvalue weighted by molar-refractivity contribution is 6.58. The normalized spacial score (nSPS) is 11.5. The van der Waals surface area contributed by atoms with E-state index in [0.29, 0.717) is 0 Å². The van der Waals surface area contributed by atoms with Crippen LogP contribution in [0.3, 0.4) is 0 Å². The van der Waals surface area contributed by atoms with E-state index in [1.54, 1.807) is 37.4 Å². The molecule has 0 fully saturated rings. The van der Waals surface area contributed by atoms with Crippen molar-refractivity contribution >= 4 is 8.80 Å². The van der Waals surface area contributed by atoms with Crippen LogP contribution in [0, 0.1) is 0 Å². The fourth-order valence-electron chi connectivity index (χ4n) is 5.68. The Morgan fingerprint density at radius 3 is 1.14 bits per heavy atom. The van der Waals surface area contributed by atoms with Gasteiger partial charge < -0.3 is 0 Å². The highest BCUT2D eigenvalue weighted by atomic mass is 28.3. The maximum Gasteiger partial charge on any atom is 0.0367 e. The minimum Gasteiger partial charge on any atom is -0.0654 e. The van der Waals surface area contributed by atoms with E-state index in [9.17, 15) is 0 Å². The summed E-state index contributed by atoms with van der Waals surface area (Å²) >= 11 is 0. The van der Waals surface area contributed by atoms with Crippen LogP contribution in [0.2, 0.25) is 18.1 Å². The van der Waals surface area contributed by atoms with E-state index in [0.717, 1.165) is 0 Å². The molecule has 0 amide bonds. The summed E-state index contributed by atoms with van der Waals surface area (Å²) in [7, 11) is -0.480. The molecule has 1 aromatic rings. The zero-order valence-corrected chi connectivity index (χ0v) is 25.5. The van der Waals surface area contributed by atoms with Gasteiger partial charge in [0.25, 0.3) is 0 Å². The lowest BCUT2D eigenvalue weighted by Crippen LogP contribution is -2.12. The molecule has 0 aliphatic carbocycles. The first-order valence-corrected chi connectivity index (χ1v) is 18.9. The van der Waals surface area contributed by atoms with Crippen LogP contribution in [0.15, 0.2) is 30.3 Å². The van der Waals surface area contributed by atoms with Crippen molar-refractivity contribution < 1.29 is 0 Å². The quantitative estimate of drug-likeness (QED) is 0.0832. The summed E-state index contributed by atoms with van der Waals surface area (Å²) in [5, 5.41) is 0. The molecule has 0 atom stereocenters. The smallest absolute Gasteiger partial charge is 0.0367 e. The highest BCUT2D eigenvalue weighted by Gasteiger charge is 2.10. The van der Waals surface area contributed by atoms with Crippen molar-refractivity contribution in [1.29, 1.82) is 0 Å². The Morgan fingerprint density at radius 2 is 0.743 bits per heavy atom. The second kappa shape index (κ2) is 26.5. The van der Waals surface area contributed by atoms with Gasteiger partial charge in [0.1, 0.15) is 0 Å². The standard InChI is InChI=1S/C34H64Si/c1-3-5-7-9-11-14-18-25-31-35(32-26-19-15-12-10-8-6-4-2)33-27-20-16-13-17-22-28-34-29-23-21-24-30-34/h21,23-24,29-30,35H,3-20,22,25-28,31-33H2,1-2H3. The van der Waals surface area contributed by atoms with Crippen molar-refractivity contribution in [3.8, 4) is 0 Å². The molecule has 0 bridgehead atoms. The van der Waals surface area contributed by atoms with Gasteiger partial charge in [0.05, 0.1) is 0 Å². The van der Waals surface area contributed by atoms with Crippen LogP contribution in [-0.4, -0.2) is 8.80 Å². The van der Waals surface area contributed by atoms with Gasteiger partial charge in [0, 0.05) is 8.80 Å². The Balaban J connectivity index is 2.09. The molecule has 0 heterocycles. The summed E-state index contributed by atoms with van der Waals surface area (Å²) < 4.78 is 0. The number of hydrogen-bond acceptors (Lipinski definition) is 0. The molecule has 0 aromatic heterocycles. The maximum absolute atomic E-state index is 2.32. The van der Waals surface area contributed by atoms with Gasteiger partial charge in [-0.05, 0) is 18.4 Å². The second-order valence-corrected chi connectivity index (χ2v) is 15.0. The van der Waals surface area contributed by atoms with Gasteiger partial charge >= 0.3 is 0 Å². The number of rotatable bonds is 27. The molecular formula is C34H64Si. The van der Waals surface area contributed by atoms with Gasteiger partial charge in [-0.2, -0.15) is 0 Å². The summed E-state index contributed by atoms with van der Waals surface area (Å²) in [6.07, 6.45) is 33.8. The van der Waals surface area contributed by atoms with E-state index < -0.39 is 8.80 Å². The van der Waals surface area contributed by atoms with Crippen LogP contribution < -0.4 is 0 Å². The maximum atomic E-state index is 2.32. The van der Waals surface area contributed by atoms with E-state index in [1.807, 2.05) is 0 Å². The molecule has 0 saturated heterocycles. The van der Waals surface area contributed by atoms with Crippen molar-refractivity contribution in [3.63, 3.8) is 0 Å². The van der Waals surface area contributed by atoms with Crippen LogP contribution in [0.1, 0.15) is 161 Å². The number of unbranched alkanes of at least 4 members (excludes halogenated alkanes) is 19. The lowest BCUT2D eigenvalue weighted by molar-refractivity contribution is 0.579. The average molecular weight is 501 g/mol. The molecule has 0 unspecified atom stereocenters. The third-order valence-electron chi connectivity index (χ3n) is 8.10. The molecule has 0 saturated carbocycles. The molecular weight excluding hydrogens is 436 g/mol. The number of benzene rings is 1. The van der Waals surface area contributed by atoms with Crippen LogP contribution in [0.5, 0.6) is 0 Å². The SMILES string of the molecule is CCCCCCCCCC[SiH](CCCCCCCCCC)CCCCCCCCc1ccccc1. The Labute approximate surface area is 224 Å². The first-order valence-electron chi connectivity index (χ1n) is 16.4. The third kappa shape index (κ3) is 22.4. The Kier molecular flexibility index (Phi) is 24.6. The van der Waals surface area contributed by atoms with Crippen LogP contribution >= 0.6 is 0 Å². The molecule has 0 aliphatic heterocycles. The molecule has 0 N–H and O–H groups in total. The second-order valence-electron chi connectivity index (χ2n) is 11.5. The van der Waals surface area contributed by atoms with Crippen molar-refractivity contribution in [2.24, 2.45) is 0 Å². The zero-order valence-electron chi connectivity index (χ0n) is 24.3. The predicted molar refractivity (Wildman–Crippen MR) is 165 cm³/mol. The van der Waals surface area contributed by atoms with E-state index >= 15 is 0 Å². The topological polar surface area (TPSA) is 0 Å². The summed E-state index contributed by atoms with van der Waals surface area (Å²) in [5.74, 6) is 0. The van der Waals surface area contributed by atoms with Gasteiger partial charge in [0.15, 0.2) is 0 Å². The highest BCUT2D eigenvalue weighted by Crippen LogP contribution is 2.21. The van der Waals surface area contributed by atoms with Gasteiger partial charge in [-0.3, -0.25) is 0 Å².